The molecule has 0 spiro atoms. The molecular formula is C27H48O. The lowest BCUT2D eigenvalue weighted by atomic mass is 9.49. The van der Waals surface area contributed by atoms with Crippen molar-refractivity contribution in [3.05, 3.63) is 0 Å². The molecule has 0 aromatic heterocycles. The van der Waals surface area contributed by atoms with E-state index in [0.717, 1.165) is 41.4 Å². The Hall–Kier alpha value is -0.0400. The second kappa shape index (κ2) is 8.99. The molecule has 0 saturated heterocycles. The van der Waals surface area contributed by atoms with Gasteiger partial charge in [-0.1, -0.05) is 52.9 Å². The van der Waals surface area contributed by atoms with E-state index >= 15 is 0 Å². The molecule has 0 radical (unpaired) electrons. The minimum atomic E-state index is 0.538. The summed E-state index contributed by atoms with van der Waals surface area (Å²) in [5.74, 6) is 6.49. The van der Waals surface area contributed by atoms with Gasteiger partial charge in [0.25, 0.3) is 0 Å². The molecule has 28 heavy (non-hydrogen) atoms. The van der Waals surface area contributed by atoms with Crippen LogP contribution in [0.1, 0.15) is 111 Å². The van der Waals surface area contributed by atoms with E-state index in [1.807, 2.05) is 7.11 Å². The van der Waals surface area contributed by atoms with Crippen LogP contribution in [0.3, 0.4) is 0 Å². The lowest BCUT2D eigenvalue weighted by Crippen LogP contribution is -2.48. The lowest BCUT2D eigenvalue weighted by Gasteiger charge is -2.56. The van der Waals surface area contributed by atoms with Crippen molar-refractivity contribution in [3.63, 3.8) is 0 Å². The topological polar surface area (TPSA) is 9.23 Å². The first kappa shape index (κ1) is 21.2. The second-order valence-electron chi connectivity index (χ2n) is 11.8. The Bertz CT molecular complexity index is 488. The average molecular weight is 389 g/mol. The molecule has 4 fully saturated rings. The number of ether oxygens (including phenoxy) is 1. The predicted molar refractivity (Wildman–Crippen MR) is 119 cm³/mol. The quantitative estimate of drug-likeness (QED) is 0.449. The normalized spacial score (nSPS) is 41.4. The number of hydrogen-bond acceptors (Lipinski definition) is 1. The van der Waals surface area contributed by atoms with Crippen molar-refractivity contribution in [2.75, 3.05) is 7.11 Å². The summed E-state index contributed by atoms with van der Waals surface area (Å²) < 4.78 is 6.15. The fourth-order valence-corrected chi connectivity index (χ4v) is 8.54. The predicted octanol–water partition coefficient (Wildman–Crippen LogP) is 7.88. The zero-order chi connectivity index (χ0) is 19.7. The van der Waals surface area contributed by atoms with Gasteiger partial charge < -0.3 is 4.74 Å². The summed E-state index contributed by atoms with van der Waals surface area (Å²) in [6.07, 6.45) is 21.3. The van der Waals surface area contributed by atoms with Crippen LogP contribution in [0.2, 0.25) is 0 Å². The second-order valence-corrected chi connectivity index (χ2v) is 11.8. The Morgan fingerprint density at radius 2 is 1.57 bits per heavy atom. The van der Waals surface area contributed by atoms with Crippen LogP contribution < -0.4 is 0 Å². The summed E-state index contributed by atoms with van der Waals surface area (Å²) in [5.41, 5.74) is 0.708. The zero-order valence-corrected chi connectivity index (χ0v) is 19.4. The molecule has 1 heteroatoms. The molecule has 4 rings (SSSR count). The fourth-order valence-electron chi connectivity index (χ4n) is 8.54. The maximum atomic E-state index is 6.15. The van der Waals surface area contributed by atoms with Gasteiger partial charge in [-0.3, -0.25) is 0 Å². The number of rotatable bonds is 6. The van der Waals surface area contributed by atoms with E-state index in [2.05, 4.69) is 20.8 Å². The number of methoxy groups -OCH3 is 1. The van der Waals surface area contributed by atoms with Crippen LogP contribution in [-0.4, -0.2) is 13.2 Å². The summed E-state index contributed by atoms with van der Waals surface area (Å²) in [6.45, 7) is 7.74. The van der Waals surface area contributed by atoms with Gasteiger partial charge in [0, 0.05) is 7.11 Å². The fraction of sp³-hybridized carbons (Fsp3) is 1.00. The Morgan fingerprint density at radius 3 is 2.14 bits per heavy atom. The molecular weight excluding hydrogens is 340 g/mol. The monoisotopic (exact) mass is 388 g/mol. The SMILES string of the molecule is COC1CC([C@@H](C)C(C)C2(C3CCCCC3)CCC2)CCC1C1CCC(C)C1. The first-order valence-corrected chi connectivity index (χ1v) is 13.1. The highest BCUT2D eigenvalue weighted by Gasteiger charge is 2.51. The molecule has 0 aromatic rings. The lowest BCUT2D eigenvalue weighted by molar-refractivity contribution is -0.0794. The minimum absolute atomic E-state index is 0.538. The van der Waals surface area contributed by atoms with E-state index in [1.54, 1.807) is 0 Å². The van der Waals surface area contributed by atoms with Crippen LogP contribution >= 0.6 is 0 Å². The molecule has 6 unspecified atom stereocenters. The Balaban J connectivity index is 1.39. The smallest absolute Gasteiger partial charge is 0.0604 e. The van der Waals surface area contributed by atoms with Crippen molar-refractivity contribution in [2.24, 2.45) is 46.8 Å². The molecule has 4 aliphatic rings. The number of hydrogen-bond donors (Lipinski definition) is 0. The van der Waals surface area contributed by atoms with E-state index < -0.39 is 0 Å². The highest BCUT2D eigenvalue weighted by molar-refractivity contribution is 5.00. The van der Waals surface area contributed by atoms with Gasteiger partial charge in [0.2, 0.25) is 0 Å². The Morgan fingerprint density at radius 1 is 0.821 bits per heavy atom. The van der Waals surface area contributed by atoms with Gasteiger partial charge in [0.1, 0.15) is 0 Å². The molecule has 0 N–H and O–H groups in total. The molecule has 162 valence electrons. The third-order valence-corrected chi connectivity index (χ3v) is 10.7. The van der Waals surface area contributed by atoms with Crippen molar-refractivity contribution in [3.8, 4) is 0 Å². The summed E-state index contributed by atoms with van der Waals surface area (Å²) >= 11 is 0. The average Bonchev–Trinajstić information content (AvgIpc) is 3.13. The largest absolute Gasteiger partial charge is 0.381 e. The van der Waals surface area contributed by atoms with Gasteiger partial charge in [-0.15, -0.1) is 0 Å². The molecule has 4 saturated carbocycles. The Kier molecular flexibility index (Phi) is 6.81. The van der Waals surface area contributed by atoms with Crippen molar-refractivity contribution < 1.29 is 4.74 Å². The van der Waals surface area contributed by atoms with E-state index in [9.17, 15) is 0 Å². The molecule has 1 nitrogen and oxygen atoms in total. The standard InChI is InChI=1S/C27H48O/c1-19-11-12-23(17-19)25-14-13-22(18-26(25)28-4)20(2)21(3)27(15-8-16-27)24-9-6-5-7-10-24/h19-26H,5-18H2,1-4H3/t19?,20-,21?,22?,23?,25?,26?/m0/s1. The first-order valence-electron chi connectivity index (χ1n) is 13.1. The van der Waals surface area contributed by atoms with Crippen LogP contribution in [0, 0.1) is 46.8 Å². The molecule has 0 heterocycles. The zero-order valence-electron chi connectivity index (χ0n) is 19.4. The van der Waals surface area contributed by atoms with Gasteiger partial charge in [-0.05, 0) is 105 Å². The first-order chi connectivity index (χ1) is 13.5. The summed E-state index contributed by atoms with van der Waals surface area (Å²) in [5, 5.41) is 0. The molecule has 0 aromatic carbocycles. The maximum absolute atomic E-state index is 6.15. The maximum Gasteiger partial charge on any atom is 0.0604 e. The van der Waals surface area contributed by atoms with Gasteiger partial charge in [-0.25, -0.2) is 0 Å². The molecule has 7 atom stereocenters. The third kappa shape index (κ3) is 3.95. The summed E-state index contributed by atoms with van der Waals surface area (Å²) in [4.78, 5) is 0. The van der Waals surface area contributed by atoms with Crippen molar-refractivity contribution in [1.82, 2.24) is 0 Å². The van der Waals surface area contributed by atoms with Crippen LogP contribution in [-0.2, 0) is 4.74 Å². The van der Waals surface area contributed by atoms with Crippen LogP contribution in [0.5, 0.6) is 0 Å². The van der Waals surface area contributed by atoms with Crippen molar-refractivity contribution in [1.29, 1.82) is 0 Å². The van der Waals surface area contributed by atoms with E-state index in [4.69, 9.17) is 4.74 Å². The van der Waals surface area contributed by atoms with E-state index in [-0.39, 0.29) is 0 Å². The van der Waals surface area contributed by atoms with Crippen molar-refractivity contribution >= 4 is 0 Å². The third-order valence-electron chi connectivity index (χ3n) is 10.7. The van der Waals surface area contributed by atoms with Gasteiger partial charge in [-0.2, -0.15) is 0 Å². The van der Waals surface area contributed by atoms with E-state index in [1.165, 1.54) is 89.9 Å². The molecule has 4 aliphatic carbocycles. The Labute approximate surface area is 175 Å². The summed E-state index contributed by atoms with van der Waals surface area (Å²) in [6, 6.07) is 0. The van der Waals surface area contributed by atoms with Crippen LogP contribution in [0.4, 0.5) is 0 Å². The van der Waals surface area contributed by atoms with Gasteiger partial charge in [0.05, 0.1) is 6.10 Å². The minimum Gasteiger partial charge on any atom is -0.381 e. The highest BCUT2D eigenvalue weighted by Crippen LogP contribution is 2.60. The van der Waals surface area contributed by atoms with E-state index in [0.29, 0.717) is 11.5 Å². The van der Waals surface area contributed by atoms with Gasteiger partial charge >= 0.3 is 0 Å². The summed E-state index contributed by atoms with van der Waals surface area (Å²) in [7, 11) is 2.00. The van der Waals surface area contributed by atoms with Gasteiger partial charge in [0.15, 0.2) is 0 Å². The van der Waals surface area contributed by atoms with Crippen molar-refractivity contribution in [2.45, 2.75) is 117 Å². The molecule has 0 bridgehead atoms. The van der Waals surface area contributed by atoms with Crippen LogP contribution in [0.25, 0.3) is 0 Å². The highest BCUT2D eigenvalue weighted by atomic mass is 16.5. The van der Waals surface area contributed by atoms with Crippen LogP contribution in [0.15, 0.2) is 0 Å². The molecule has 0 aliphatic heterocycles. The molecule has 0 amide bonds.